The summed E-state index contributed by atoms with van der Waals surface area (Å²) in [5.74, 6) is 0.600. The molecule has 2 N–H and O–H groups in total. The van der Waals surface area contributed by atoms with Crippen LogP contribution >= 0.6 is 0 Å². The maximum Gasteiger partial charge on any atom is 0.256 e. The smallest absolute Gasteiger partial charge is 0.256 e. The normalized spacial score (nSPS) is 9.86. The molecule has 0 unspecified atom stereocenters. The topological polar surface area (TPSA) is 75.2 Å². The highest BCUT2D eigenvalue weighted by atomic mass is 16.5. The Morgan fingerprint density at radius 1 is 1.79 bits per heavy atom. The van der Waals surface area contributed by atoms with Gasteiger partial charge in [-0.3, -0.25) is 4.79 Å². The molecule has 0 aromatic carbocycles. The lowest BCUT2D eigenvalue weighted by Crippen LogP contribution is -2.16. The van der Waals surface area contributed by atoms with Crippen LogP contribution in [0.25, 0.3) is 5.76 Å². The molecule has 5 heteroatoms. The van der Waals surface area contributed by atoms with Gasteiger partial charge in [-0.1, -0.05) is 6.58 Å². The van der Waals surface area contributed by atoms with Gasteiger partial charge in [0.1, 0.15) is 0 Å². The van der Waals surface area contributed by atoms with E-state index in [1.807, 2.05) is 6.92 Å². The minimum absolute atomic E-state index is 0.220. The van der Waals surface area contributed by atoms with Gasteiger partial charge >= 0.3 is 0 Å². The average molecular weight is 196 g/mol. The van der Waals surface area contributed by atoms with Crippen molar-refractivity contribution in [1.29, 1.82) is 0 Å². The summed E-state index contributed by atoms with van der Waals surface area (Å²) >= 11 is 0. The summed E-state index contributed by atoms with van der Waals surface area (Å²) in [7, 11) is 0. The number of nitrogens with zero attached hydrogens (tertiary/aromatic N) is 1. The average Bonchev–Trinajstić information content (AvgIpc) is 2.18. The predicted octanol–water partition coefficient (Wildman–Crippen LogP) is 0.269. The third-order valence-electron chi connectivity index (χ3n) is 1.63. The van der Waals surface area contributed by atoms with Crippen LogP contribution in [0.2, 0.25) is 0 Å². The molecule has 0 radical (unpaired) electrons. The fourth-order valence-corrected chi connectivity index (χ4v) is 0.918. The predicted molar refractivity (Wildman–Crippen MR) is 51.4 cm³/mol. The Morgan fingerprint density at radius 2 is 2.50 bits per heavy atom. The summed E-state index contributed by atoms with van der Waals surface area (Å²) in [6, 6.07) is 0. The van der Waals surface area contributed by atoms with Gasteiger partial charge in [0.05, 0.1) is 18.8 Å². The van der Waals surface area contributed by atoms with Gasteiger partial charge in [0.15, 0.2) is 11.6 Å². The lowest BCUT2D eigenvalue weighted by Gasteiger charge is -2.05. The van der Waals surface area contributed by atoms with E-state index >= 15 is 0 Å². The molecule has 0 amide bonds. The van der Waals surface area contributed by atoms with Crippen LogP contribution in [0.5, 0.6) is 0 Å². The van der Waals surface area contributed by atoms with E-state index in [4.69, 9.17) is 9.84 Å². The summed E-state index contributed by atoms with van der Waals surface area (Å²) in [6.45, 7) is 5.54. The molecule has 14 heavy (non-hydrogen) atoms. The van der Waals surface area contributed by atoms with Crippen molar-refractivity contribution in [3.63, 3.8) is 0 Å². The number of ether oxygens (including phenoxy) is 1. The number of aromatic nitrogens is 2. The molecule has 5 nitrogen and oxygen atoms in total. The number of nitrogens with one attached hydrogen (secondary N) is 1. The lowest BCUT2D eigenvalue weighted by atomic mass is 10.3. The molecule has 76 valence electrons. The number of hydrogen-bond donors (Lipinski definition) is 2. The first-order chi connectivity index (χ1) is 6.69. The van der Waals surface area contributed by atoms with E-state index in [2.05, 4.69) is 16.5 Å². The number of hydrogen-bond acceptors (Lipinski definition) is 4. The van der Waals surface area contributed by atoms with Gasteiger partial charge in [0.25, 0.3) is 5.56 Å². The molecule has 1 heterocycles. The van der Waals surface area contributed by atoms with Crippen LogP contribution in [0.1, 0.15) is 18.3 Å². The Hall–Kier alpha value is -1.62. The van der Waals surface area contributed by atoms with E-state index in [-0.39, 0.29) is 23.6 Å². The molecule has 0 saturated heterocycles. The highest BCUT2D eigenvalue weighted by molar-refractivity contribution is 5.48. The summed E-state index contributed by atoms with van der Waals surface area (Å²) < 4.78 is 5.07. The third-order valence-corrected chi connectivity index (χ3v) is 1.63. The Morgan fingerprint density at radius 3 is 3.00 bits per heavy atom. The Balaban J connectivity index is 2.97. The Bertz CT molecular complexity index is 384. The lowest BCUT2D eigenvalue weighted by molar-refractivity contribution is 0.278. The SMILES string of the molecule is C=C(OCC)c1ncc(CO)c(=O)[nH]1. The number of aromatic amines is 1. The maximum atomic E-state index is 11.2. The zero-order valence-corrected chi connectivity index (χ0v) is 7.91. The number of rotatable bonds is 4. The van der Waals surface area contributed by atoms with Crippen LogP contribution in [0.4, 0.5) is 0 Å². The first-order valence-corrected chi connectivity index (χ1v) is 4.20. The van der Waals surface area contributed by atoms with Crippen LogP contribution < -0.4 is 5.56 Å². The van der Waals surface area contributed by atoms with Gasteiger partial charge in [-0.05, 0) is 6.92 Å². The standard InChI is InChI=1S/C9H12N2O3/c1-3-14-6(2)8-10-4-7(5-12)9(13)11-8/h4,12H,2-3,5H2,1H3,(H,10,11,13). The minimum Gasteiger partial charge on any atom is -0.491 e. The first kappa shape index (κ1) is 10.5. The van der Waals surface area contributed by atoms with Gasteiger partial charge in [0, 0.05) is 6.20 Å². The molecule has 0 aliphatic rings. The molecule has 1 aromatic rings. The van der Waals surface area contributed by atoms with Gasteiger partial charge in [-0.25, -0.2) is 4.98 Å². The molecule has 1 aromatic heterocycles. The summed E-state index contributed by atoms with van der Waals surface area (Å²) in [6.07, 6.45) is 1.30. The minimum atomic E-state index is -0.377. The van der Waals surface area contributed by atoms with E-state index in [9.17, 15) is 4.79 Å². The number of aliphatic hydroxyl groups is 1. The fraction of sp³-hybridized carbons (Fsp3) is 0.333. The second-order valence-electron chi connectivity index (χ2n) is 2.60. The van der Waals surface area contributed by atoms with Crippen LogP contribution in [-0.2, 0) is 11.3 Å². The molecule has 0 saturated carbocycles. The van der Waals surface area contributed by atoms with Crippen LogP contribution in [-0.4, -0.2) is 21.7 Å². The molecule has 0 atom stereocenters. The summed E-state index contributed by atoms with van der Waals surface area (Å²) in [5.41, 5.74) is -0.156. The van der Waals surface area contributed by atoms with Crippen molar-refractivity contribution < 1.29 is 9.84 Å². The van der Waals surface area contributed by atoms with Crippen molar-refractivity contribution in [3.05, 3.63) is 34.5 Å². The molecule has 0 spiro atoms. The van der Waals surface area contributed by atoms with Gasteiger partial charge in [0.2, 0.25) is 0 Å². The highest BCUT2D eigenvalue weighted by Gasteiger charge is 2.04. The third kappa shape index (κ3) is 2.20. The van der Waals surface area contributed by atoms with E-state index in [1.54, 1.807) is 0 Å². The second kappa shape index (κ2) is 4.57. The summed E-state index contributed by atoms with van der Waals surface area (Å²) in [5, 5.41) is 8.74. The second-order valence-corrected chi connectivity index (χ2v) is 2.60. The molecule has 0 aliphatic heterocycles. The van der Waals surface area contributed by atoms with Crippen molar-refractivity contribution in [3.8, 4) is 0 Å². The largest absolute Gasteiger partial charge is 0.491 e. The van der Waals surface area contributed by atoms with Crippen LogP contribution in [0.3, 0.4) is 0 Å². The summed E-state index contributed by atoms with van der Waals surface area (Å²) in [4.78, 5) is 17.6. The highest BCUT2D eigenvalue weighted by Crippen LogP contribution is 2.05. The quantitative estimate of drug-likeness (QED) is 0.678. The molecule has 0 fully saturated rings. The molecular formula is C9H12N2O3. The number of H-pyrrole nitrogens is 1. The zero-order chi connectivity index (χ0) is 10.6. The van der Waals surface area contributed by atoms with Gasteiger partial charge < -0.3 is 14.8 Å². The molecular weight excluding hydrogens is 184 g/mol. The van der Waals surface area contributed by atoms with E-state index in [0.29, 0.717) is 12.4 Å². The van der Waals surface area contributed by atoms with Crippen molar-refractivity contribution >= 4 is 5.76 Å². The van der Waals surface area contributed by atoms with E-state index < -0.39 is 0 Å². The molecule has 0 aliphatic carbocycles. The Kier molecular flexibility index (Phi) is 3.41. The fourth-order valence-electron chi connectivity index (χ4n) is 0.918. The van der Waals surface area contributed by atoms with E-state index in [0.717, 1.165) is 0 Å². The Labute approximate surface area is 81.1 Å². The van der Waals surface area contributed by atoms with Crippen molar-refractivity contribution in [1.82, 2.24) is 9.97 Å². The van der Waals surface area contributed by atoms with Crippen molar-refractivity contribution in [2.75, 3.05) is 6.61 Å². The maximum absolute atomic E-state index is 11.2. The first-order valence-electron chi connectivity index (χ1n) is 4.20. The zero-order valence-electron chi connectivity index (χ0n) is 7.91. The molecule has 0 bridgehead atoms. The van der Waals surface area contributed by atoms with E-state index in [1.165, 1.54) is 6.20 Å². The molecule has 1 rings (SSSR count). The van der Waals surface area contributed by atoms with Crippen LogP contribution in [0.15, 0.2) is 17.6 Å². The van der Waals surface area contributed by atoms with Crippen LogP contribution in [0, 0.1) is 0 Å². The van der Waals surface area contributed by atoms with Crippen molar-refractivity contribution in [2.24, 2.45) is 0 Å². The van der Waals surface area contributed by atoms with Gasteiger partial charge in [-0.15, -0.1) is 0 Å². The van der Waals surface area contributed by atoms with Crippen molar-refractivity contribution in [2.45, 2.75) is 13.5 Å². The number of aliphatic hydroxyl groups excluding tert-OH is 1. The monoisotopic (exact) mass is 196 g/mol. The van der Waals surface area contributed by atoms with Gasteiger partial charge in [-0.2, -0.15) is 0 Å².